The molecule has 0 bridgehead atoms. The van der Waals surface area contributed by atoms with Gasteiger partial charge in [-0.25, -0.2) is 0 Å². The van der Waals surface area contributed by atoms with Crippen molar-refractivity contribution in [3.8, 4) is 5.75 Å². The maximum absolute atomic E-state index is 12.2. The highest BCUT2D eigenvalue weighted by molar-refractivity contribution is 14.1. The Hall–Kier alpha value is -0.820. The Bertz CT molecular complexity index is 437. The fraction of sp³-hybridized carbons (Fsp3) is 0.417. The van der Waals surface area contributed by atoms with E-state index in [9.17, 15) is 9.90 Å². The quantitative estimate of drug-likeness (QED) is 0.796. The van der Waals surface area contributed by atoms with Crippen LogP contribution in [0.25, 0.3) is 0 Å². The minimum atomic E-state index is -0.100. The number of rotatable bonds is 2. The number of phenols is 1. The molecule has 1 aromatic carbocycles. The van der Waals surface area contributed by atoms with Crippen molar-refractivity contribution in [3.63, 3.8) is 0 Å². The number of benzene rings is 1. The lowest BCUT2D eigenvalue weighted by atomic mass is 10.1. The van der Waals surface area contributed by atoms with Gasteiger partial charge in [-0.1, -0.05) is 0 Å². The molecule has 17 heavy (non-hydrogen) atoms. The predicted octanol–water partition coefficient (Wildman–Crippen LogP) is 1.42. The molecule has 0 saturated carbocycles. The van der Waals surface area contributed by atoms with Crippen LogP contribution in [0.1, 0.15) is 16.8 Å². The minimum Gasteiger partial charge on any atom is -0.507 e. The smallest absolute Gasteiger partial charge is 0.257 e. The van der Waals surface area contributed by atoms with Gasteiger partial charge in [0.2, 0.25) is 0 Å². The van der Waals surface area contributed by atoms with Crippen molar-refractivity contribution in [1.29, 1.82) is 0 Å². The van der Waals surface area contributed by atoms with Gasteiger partial charge >= 0.3 is 0 Å². The molecule has 5 heteroatoms. The highest BCUT2D eigenvalue weighted by atomic mass is 127. The number of nitrogens with two attached hydrogens (primary N) is 1. The molecule has 92 valence electrons. The number of hydrogen-bond donors (Lipinski definition) is 2. The highest BCUT2D eigenvalue weighted by Gasteiger charge is 2.27. The zero-order valence-corrected chi connectivity index (χ0v) is 11.6. The molecule has 1 fully saturated rings. The van der Waals surface area contributed by atoms with Crippen LogP contribution in [-0.4, -0.2) is 35.5 Å². The zero-order chi connectivity index (χ0) is 12.4. The number of aromatic hydroxyl groups is 1. The van der Waals surface area contributed by atoms with Crippen molar-refractivity contribution in [1.82, 2.24) is 4.90 Å². The zero-order valence-electron chi connectivity index (χ0n) is 9.40. The summed E-state index contributed by atoms with van der Waals surface area (Å²) in [4.78, 5) is 14.0. The molecule has 1 unspecified atom stereocenters. The average Bonchev–Trinajstić information content (AvgIpc) is 2.80. The van der Waals surface area contributed by atoms with Gasteiger partial charge in [0, 0.05) is 16.7 Å². The number of phenolic OH excluding ortho intramolecular Hbond substituents is 1. The first kappa shape index (κ1) is 12.6. The fourth-order valence-corrected chi connectivity index (χ4v) is 2.55. The number of halogens is 1. The summed E-state index contributed by atoms with van der Waals surface area (Å²) in [6.07, 6.45) is 0.951. The Labute approximate surface area is 114 Å². The monoisotopic (exact) mass is 346 g/mol. The molecule has 2 rings (SSSR count). The third-order valence-electron chi connectivity index (χ3n) is 3.10. The molecule has 1 amide bonds. The second-order valence-corrected chi connectivity index (χ2v) is 5.55. The van der Waals surface area contributed by atoms with Gasteiger partial charge in [0.05, 0.1) is 5.56 Å². The molecule has 0 aliphatic carbocycles. The van der Waals surface area contributed by atoms with Gasteiger partial charge in [-0.3, -0.25) is 4.79 Å². The lowest BCUT2D eigenvalue weighted by molar-refractivity contribution is 0.0784. The van der Waals surface area contributed by atoms with Crippen LogP contribution in [0.2, 0.25) is 0 Å². The van der Waals surface area contributed by atoms with Crippen LogP contribution in [-0.2, 0) is 0 Å². The van der Waals surface area contributed by atoms with Crippen molar-refractivity contribution in [2.45, 2.75) is 6.42 Å². The van der Waals surface area contributed by atoms with Gasteiger partial charge in [0.15, 0.2) is 0 Å². The van der Waals surface area contributed by atoms with E-state index in [0.29, 0.717) is 24.6 Å². The number of likely N-dealkylation sites (tertiary alicyclic amines) is 1. The van der Waals surface area contributed by atoms with Crippen LogP contribution >= 0.6 is 22.6 Å². The third-order valence-corrected chi connectivity index (χ3v) is 3.77. The topological polar surface area (TPSA) is 66.6 Å². The normalized spacial score (nSPS) is 19.6. The second kappa shape index (κ2) is 5.22. The molecule has 1 aliphatic heterocycles. The Kier molecular flexibility index (Phi) is 3.88. The van der Waals surface area contributed by atoms with Gasteiger partial charge in [0.1, 0.15) is 5.75 Å². The van der Waals surface area contributed by atoms with Crippen molar-refractivity contribution in [2.75, 3.05) is 19.6 Å². The van der Waals surface area contributed by atoms with E-state index >= 15 is 0 Å². The van der Waals surface area contributed by atoms with E-state index in [0.717, 1.165) is 16.5 Å². The lowest BCUT2D eigenvalue weighted by Crippen LogP contribution is -2.29. The Morgan fingerprint density at radius 1 is 1.59 bits per heavy atom. The summed E-state index contributed by atoms with van der Waals surface area (Å²) < 4.78 is 0.943. The summed E-state index contributed by atoms with van der Waals surface area (Å²) in [6, 6.07) is 5.05. The molecule has 0 radical (unpaired) electrons. The van der Waals surface area contributed by atoms with Crippen LogP contribution in [0.4, 0.5) is 0 Å². The van der Waals surface area contributed by atoms with Gasteiger partial charge in [-0.05, 0) is 59.7 Å². The molecular weight excluding hydrogens is 331 g/mol. The van der Waals surface area contributed by atoms with E-state index in [1.807, 2.05) is 0 Å². The molecule has 1 aromatic rings. The average molecular weight is 346 g/mol. The first-order chi connectivity index (χ1) is 8.11. The Morgan fingerprint density at radius 2 is 2.35 bits per heavy atom. The summed E-state index contributed by atoms with van der Waals surface area (Å²) in [5, 5.41) is 9.71. The molecule has 1 saturated heterocycles. The number of carbonyl (C=O) groups excluding carboxylic acids is 1. The Morgan fingerprint density at radius 3 is 3.00 bits per heavy atom. The molecule has 1 atom stereocenters. The summed E-state index contributed by atoms with van der Waals surface area (Å²) in [7, 11) is 0. The van der Waals surface area contributed by atoms with E-state index in [4.69, 9.17) is 5.73 Å². The van der Waals surface area contributed by atoms with Crippen LogP contribution in [0.3, 0.4) is 0 Å². The minimum absolute atomic E-state index is 0.0478. The Balaban J connectivity index is 2.17. The van der Waals surface area contributed by atoms with Gasteiger partial charge in [0.25, 0.3) is 5.91 Å². The predicted molar refractivity (Wildman–Crippen MR) is 73.9 cm³/mol. The summed E-state index contributed by atoms with van der Waals surface area (Å²) in [5.74, 6) is 0.340. The van der Waals surface area contributed by atoms with Crippen molar-refractivity contribution < 1.29 is 9.90 Å². The number of hydrogen-bond acceptors (Lipinski definition) is 3. The van der Waals surface area contributed by atoms with E-state index in [1.165, 1.54) is 0 Å². The third kappa shape index (κ3) is 2.71. The van der Waals surface area contributed by atoms with Crippen LogP contribution in [0, 0.1) is 9.49 Å². The van der Waals surface area contributed by atoms with Crippen molar-refractivity contribution in [3.05, 3.63) is 27.3 Å². The maximum Gasteiger partial charge on any atom is 0.257 e. The molecular formula is C12H15IN2O2. The van der Waals surface area contributed by atoms with Crippen LogP contribution < -0.4 is 5.73 Å². The molecule has 1 heterocycles. The molecule has 0 aromatic heterocycles. The van der Waals surface area contributed by atoms with Gasteiger partial charge in [-0.15, -0.1) is 0 Å². The second-order valence-electron chi connectivity index (χ2n) is 4.30. The van der Waals surface area contributed by atoms with E-state index in [2.05, 4.69) is 22.6 Å². The largest absolute Gasteiger partial charge is 0.507 e. The maximum atomic E-state index is 12.2. The van der Waals surface area contributed by atoms with Gasteiger partial charge in [-0.2, -0.15) is 0 Å². The van der Waals surface area contributed by atoms with E-state index in [1.54, 1.807) is 23.1 Å². The highest BCUT2D eigenvalue weighted by Crippen LogP contribution is 2.24. The van der Waals surface area contributed by atoms with E-state index in [-0.39, 0.29) is 11.7 Å². The first-order valence-electron chi connectivity index (χ1n) is 5.59. The lowest BCUT2D eigenvalue weighted by Gasteiger charge is -2.17. The van der Waals surface area contributed by atoms with Crippen molar-refractivity contribution >= 4 is 28.5 Å². The van der Waals surface area contributed by atoms with Crippen molar-refractivity contribution in [2.24, 2.45) is 11.7 Å². The standard InChI is InChI=1S/C12H15IN2O2/c13-9-1-2-11(16)10(5-9)12(17)15-4-3-8(6-14)7-15/h1-2,5,8,16H,3-4,6-7,14H2. The number of carbonyl (C=O) groups is 1. The summed E-state index contributed by atoms with van der Waals surface area (Å²) in [6.45, 7) is 2.04. The fourth-order valence-electron chi connectivity index (χ4n) is 2.06. The van der Waals surface area contributed by atoms with Crippen LogP contribution in [0.15, 0.2) is 18.2 Å². The molecule has 3 N–H and O–H groups in total. The summed E-state index contributed by atoms with van der Waals surface area (Å²) in [5.41, 5.74) is 5.98. The van der Waals surface area contributed by atoms with E-state index < -0.39 is 0 Å². The molecule has 0 spiro atoms. The molecule has 1 aliphatic rings. The van der Waals surface area contributed by atoms with Gasteiger partial charge < -0.3 is 15.7 Å². The molecule has 4 nitrogen and oxygen atoms in total. The van der Waals surface area contributed by atoms with Crippen LogP contribution in [0.5, 0.6) is 5.75 Å². The SMILES string of the molecule is NCC1CCN(C(=O)c2cc(I)ccc2O)C1. The number of nitrogens with zero attached hydrogens (tertiary/aromatic N) is 1. The summed E-state index contributed by atoms with van der Waals surface area (Å²) >= 11 is 2.13. The first-order valence-corrected chi connectivity index (χ1v) is 6.67. The number of amides is 1.